The number of thioether (sulfide) groups is 1. The van der Waals surface area contributed by atoms with Crippen LogP contribution in [0.1, 0.15) is 24.7 Å². The highest BCUT2D eigenvalue weighted by Crippen LogP contribution is 2.24. The molecule has 106 valence electrons. The van der Waals surface area contributed by atoms with Crippen molar-refractivity contribution >= 4 is 33.5 Å². The lowest BCUT2D eigenvalue weighted by atomic mass is 10.2. The fourth-order valence-electron chi connectivity index (χ4n) is 1.62. The van der Waals surface area contributed by atoms with E-state index in [0.717, 1.165) is 34.8 Å². The molecule has 0 aliphatic rings. The van der Waals surface area contributed by atoms with Gasteiger partial charge in [-0.25, -0.2) is 9.97 Å². The summed E-state index contributed by atoms with van der Waals surface area (Å²) in [7, 11) is 0. The van der Waals surface area contributed by atoms with Gasteiger partial charge in [0.1, 0.15) is 11.6 Å². The molecule has 0 spiro atoms. The Morgan fingerprint density at radius 3 is 2.70 bits per heavy atom. The Hall–Kier alpha value is -1.07. The maximum absolute atomic E-state index is 4.55. The summed E-state index contributed by atoms with van der Waals surface area (Å²) in [6, 6.07) is 8.52. The number of nitrogens with one attached hydrogen (secondary N) is 1. The summed E-state index contributed by atoms with van der Waals surface area (Å²) in [6.45, 7) is 5.15. The number of anilines is 1. The highest BCUT2D eigenvalue weighted by atomic mass is 79.9. The molecule has 0 saturated heterocycles. The Morgan fingerprint density at radius 1 is 1.25 bits per heavy atom. The lowest BCUT2D eigenvalue weighted by Gasteiger charge is -2.08. The van der Waals surface area contributed by atoms with E-state index in [1.165, 1.54) is 10.5 Å². The third-order valence-corrected chi connectivity index (χ3v) is 4.31. The Kier molecular flexibility index (Phi) is 5.86. The monoisotopic (exact) mass is 351 g/mol. The van der Waals surface area contributed by atoms with E-state index in [4.69, 9.17) is 0 Å². The minimum Gasteiger partial charge on any atom is -0.369 e. The Labute approximate surface area is 132 Å². The van der Waals surface area contributed by atoms with E-state index < -0.39 is 0 Å². The highest BCUT2D eigenvalue weighted by molar-refractivity contribution is 9.10. The van der Waals surface area contributed by atoms with Crippen LogP contribution in [0.25, 0.3) is 0 Å². The SMILES string of the molecule is CCCNc1nc(CSc2ccc(C)cc2)ncc1Br. The van der Waals surface area contributed by atoms with Crippen LogP contribution in [0.2, 0.25) is 0 Å². The molecule has 1 aromatic heterocycles. The van der Waals surface area contributed by atoms with Crippen molar-refractivity contribution in [3.63, 3.8) is 0 Å². The summed E-state index contributed by atoms with van der Waals surface area (Å²) < 4.78 is 0.912. The molecule has 3 nitrogen and oxygen atoms in total. The summed E-state index contributed by atoms with van der Waals surface area (Å²) in [6.07, 6.45) is 2.89. The minimum absolute atomic E-state index is 0.775. The number of halogens is 1. The van der Waals surface area contributed by atoms with Crippen LogP contribution < -0.4 is 5.32 Å². The minimum atomic E-state index is 0.775. The van der Waals surface area contributed by atoms with E-state index in [9.17, 15) is 0 Å². The molecule has 1 aromatic carbocycles. The van der Waals surface area contributed by atoms with Gasteiger partial charge < -0.3 is 5.32 Å². The fraction of sp³-hybridized carbons (Fsp3) is 0.333. The van der Waals surface area contributed by atoms with Crippen LogP contribution in [-0.2, 0) is 5.75 Å². The van der Waals surface area contributed by atoms with Crippen molar-refractivity contribution in [3.05, 3.63) is 46.3 Å². The van der Waals surface area contributed by atoms with Crippen LogP contribution in [-0.4, -0.2) is 16.5 Å². The maximum atomic E-state index is 4.55. The Bertz CT molecular complexity index is 558. The van der Waals surface area contributed by atoms with Gasteiger partial charge in [0, 0.05) is 17.6 Å². The molecular formula is C15H18BrN3S. The van der Waals surface area contributed by atoms with Crippen molar-refractivity contribution in [2.45, 2.75) is 30.9 Å². The van der Waals surface area contributed by atoms with E-state index >= 15 is 0 Å². The predicted octanol–water partition coefficient (Wildman–Crippen LogP) is 4.66. The van der Waals surface area contributed by atoms with Crippen molar-refractivity contribution in [2.75, 3.05) is 11.9 Å². The number of rotatable bonds is 6. The van der Waals surface area contributed by atoms with Gasteiger partial charge in [0.05, 0.1) is 10.2 Å². The number of hydrogen-bond acceptors (Lipinski definition) is 4. The standard InChI is InChI=1S/C15H18BrN3S/c1-3-8-17-15-13(16)9-18-14(19-15)10-20-12-6-4-11(2)5-7-12/h4-7,9H,3,8,10H2,1-2H3,(H,17,18,19). The molecule has 0 atom stereocenters. The average molecular weight is 352 g/mol. The molecule has 2 rings (SSSR count). The van der Waals surface area contributed by atoms with E-state index in [1.807, 2.05) is 6.20 Å². The molecule has 5 heteroatoms. The quantitative estimate of drug-likeness (QED) is 0.767. The summed E-state index contributed by atoms with van der Waals surface area (Å²) >= 11 is 5.22. The zero-order chi connectivity index (χ0) is 14.4. The van der Waals surface area contributed by atoms with E-state index in [-0.39, 0.29) is 0 Å². The van der Waals surface area contributed by atoms with Crippen LogP contribution >= 0.6 is 27.7 Å². The van der Waals surface area contributed by atoms with E-state index in [2.05, 4.69) is 69.3 Å². The number of aromatic nitrogens is 2. The molecule has 1 heterocycles. The van der Waals surface area contributed by atoms with Gasteiger partial charge in [-0.1, -0.05) is 24.6 Å². The molecule has 0 unspecified atom stereocenters. The first kappa shape index (κ1) is 15.3. The van der Waals surface area contributed by atoms with Crippen LogP contribution in [0.4, 0.5) is 5.82 Å². The summed E-state index contributed by atoms with van der Waals surface area (Å²) in [5, 5.41) is 3.30. The third kappa shape index (κ3) is 4.49. The number of nitrogens with zero attached hydrogens (tertiary/aromatic N) is 2. The zero-order valence-electron chi connectivity index (χ0n) is 11.7. The van der Waals surface area contributed by atoms with Crippen molar-refractivity contribution < 1.29 is 0 Å². The van der Waals surface area contributed by atoms with Gasteiger partial charge in [-0.2, -0.15) is 0 Å². The highest BCUT2D eigenvalue weighted by Gasteiger charge is 2.05. The molecule has 0 aliphatic heterocycles. The second kappa shape index (κ2) is 7.64. The predicted molar refractivity (Wildman–Crippen MR) is 89.3 cm³/mol. The molecule has 1 N–H and O–H groups in total. The van der Waals surface area contributed by atoms with Crippen LogP contribution in [0, 0.1) is 6.92 Å². The van der Waals surface area contributed by atoms with Crippen molar-refractivity contribution in [1.29, 1.82) is 0 Å². The van der Waals surface area contributed by atoms with Gasteiger partial charge in [0.25, 0.3) is 0 Å². The molecule has 0 fully saturated rings. The first-order valence-corrected chi connectivity index (χ1v) is 8.41. The average Bonchev–Trinajstić information content (AvgIpc) is 2.46. The van der Waals surface area contributed by atoms with Gasteiger partial charge in [-0.3, -0.25) is 0 Å². The molecule has 0 aliphatic carbocycles. The van der Waals surface area contributed by atoms with Crippen molar-refractivity contribution in [2.24, 2.45) is 0 Å². The van der Waals surface area contributed by atoms with Gasteiger partial charge in [-0.05, 0) is 41.4 Å². The van der Waals surface area contributed by atoms with Gasteiger partial charge >= 0.3 is 0 Å². The Morgan fingerprint density at radius 2 is 2.00 bits per heavy atom. The van der Waals surface area contributed by atoms with E-state index in [0.29, 0.717) is 0 Å². The normalized spacial score (nSPS) is 10.6. The number of benzene rings is 1. The molecule has 0 bridgehead atoms. The molecule has 0 radical (unpaired) electrons. The van der Waals surface area contributed by atoms with Gasteiger partial charge in [0.2, 0.25) is 0 Å². The van der Waals surface area contributed by atoms with Crippen LogP contribution in [0.3, 0.4) is 0 Å². The fourth-order valence-corrected chi connectivity index (χ4v) is 2.72. The first-order valence-electron chi connectivity index (χ1n) is 6.64. The van der Waals surface area contributed by atoms with Gasteiger partial charge in [-0.15, -0.1) is 11.8 Å². The zero-order valence-corrected chi connectivity index (χ0v) is 14.1. The molecule has 0 saturated carbocycles. The number of aryl methyl sites for hydroxylation is 1. The van der Waals surface area contributed by atoms with Crippen LogP contribution in [0.5, 0.6) is 0 Å². The van der Waals surface area contributed by atoms with Crippen molar-refractivity contribution in [3.8, 4) is 0 Å². The van der Waals surface area contributed by atoms with Crippen LogP contribution in [0.15, 0.2) is 39.8 Å². The summed E-state index contributed by atoms with van der Waals surface area (Å²) in [5.41, 5.74) is 1.28. The largest absolute Gasteiger partial charge is 0.369 e. The third-order valence-electron chi connectivity index (χ3n) is 2.73. The molecule has 20 heavy (non-hydrogen) atoms. The molecule has 0 amide bonds. The van der Waals surface area contributed by atoms with Gasteiger partial charge in [0.15, 0.2) is 0 Å². The summed E-state index contributed by atoms with van der Waals surface area (Å²) in [5.74, 6) is 2.50. The second-order valence-corrected chi connectivity index (χ2v) is 6.41. The Balaban J connectivity index is 2.00. The summed E-state index contributed by atoms with van der Waals surface area (Å²) in [4.78, 5) is 10.2. The topological polar surface area (TPSA) is 37.8 Å². The first-order chi connectivity index (χ1) is 9.69. The molecule has 2 aromatic rings. The lowest BCUT2D eigenvalue weighted by Crippen LogP contribution is -2.05. The number of hydrogen-bond donors (Lipinski definition) is 1. The second-order valence-electron chi connectivity index (χ2n) is 4.51. The maximum Gasteiger partial charge on any atom is 0.144 e. The van der Waals surface area contributed by atoms with Crippen molar-refractivity contribution in [1.82, 2.24) is 9.97 Å². The smallest absolute Gasteiger partial charge is 0.144 e. The van der Waals surface area contributed by atoms with E-state index in [1.54, 1.807) is 11.8 Å². The lowest BCUT2D eigenvalue weighted by molar-refractivity contribution is 0.946. The molecular weight excluding hydrogens is 334 g/mol.